The highest BCUT2D eigenvalue weighted by atomic mass is 32.9. The Morgan fingerprint density at radius 1 is 0.667 bits per heavy atom. The van der Waals surface area contributed by atoms with E-state index in [1.54, 1.807) is 0 Å². The molecule has 3 nitrogen and oxygen atoms in total. The van der Waals surface area contributed by atoms with Crippen molar-refractivity contribution in [2.45, 2.75) is 110 Å². The second-order valence-corrected chi connectivity index (χ2v) is 12.3. The Balaban J connectivity index is 3.02. The summed E-state index contributed by atoms with van der Waals surface area (Å²) in [5.41, 5.74) is -3.23. The van der Waals surface area contributed by atoms with Crippen molar-refractivity contribution in [3.63, 3.8) is 0 Å². The van der Waals surface area contributed by atoms with E-state index in [1.165, 1.54) is 89.9 Å². The molecule has 0 amide bonds. The zero-order valence-corrected chi connectivity index (χ0v) is 18.1. The molecule has 6 heteroatoms. The van der Waals surface area contributed by atoms with Crippen LogP contribution in [0.15, 0.2) is 0 Å². The van der Waals surface area contributed by atoms with Crippen LogP contribution in [0.3, 0.4) is 0 Å². The maximum atomic E-state index is 8.97. The van der Waals surface area contributed by atoms with Gasteiger partial charge in [0, 0.05) is 0 Å². The average molecular weight is 399 g/mol. The molecule has 0 saturated carbocycles. The van der Waals surface area contributed by atoms with Gasteiger partial charge >= 0.3 is 0 Å². The number of rotatable bonds is 19. The van der Waals surface area contributed by atoms with E-state index in [4.69, 9.17) is 14.0 Å². The summed E-state index contributed by atoms with van der Waals surface area (Å²) in [5.74, 6) is 0. The normalized spacial score (nSPS) is 12.0. The molecule has 0 aromatic carbocycles. The summed E-state index contributed by atoms with van der Waals surface area (Å²) < 4.78 is 5.08. The van der Waals surface area contributed by atoms with E-state index >= 15 is 0 Å². The summed E-state index contributed by atoms with van der Waals surface area (Å²) in [7, 11) is 0. The zero-order valence-electron chi connectivity index (χ0n) is 15.6. The van der Waals surface area contributed by atoms with Crippen LogP contribution in [0.4, 0.5) is 0 Å². The van der Waals surface area contributed by atoms with Crippen molar-refractivity contribution in [1.82, 2.24) is 0 Å². The first-order chi connectivity index (χ1) is 11.6. The smallest absolute Gasteiger partial charge is 0.269 e. The van der Waals surface area contributed by atoms with Crippen molar-refractivity contribution in [3.05, 3.63) is 0 Å². The highest BCUT2D eigenvalue weighted by Gasteiger charge is 2.08. The molecule has 0 saturated heterocycles. The fourth-order valence-corrected chi connectivity index (χ4v) is 4.17. The molecule has 0 heterocycles. The van der Waals surface area contributed by atoms with E-state index in [0.717, 1.165) is 12.8 Å². The SMILES string of the molecule is CCCCCCCCCCCCCCCCCCOSP(O)(O)=S. The van der Waals surface area contributed by atoms with E-state index < -0.39 is 5.69 Å². The number of hydrogen-bond donors (Lipinski definition) is 2. The van der Waals surface area contributed by atoms with Crippen molar-refractivity contribution in [1.29, 1.82) is 0 Å². The molecule has 0 unspecified atom stereocenters. The van der Waals surface area contributed by atoms with Crippen LogP contribution in [0.5, 0.6) is 0 Å². The topological polar surface area (TPSA) is 49.7 Å². The van der Waals surface area contributed by atoms with Crippen molar-refractivity contribution in [2.75, 3.05) is 6.61 Å². The number of hydrogen-bond acceptors (Lipinski definition) is 3. The highest BCUT2D eigenvalue weighted by molar-refractivity contribution is 8.65. The van der Waals surface area contributed by atoms with E-state index in [0.29, 0.717) is 18.3 Å². The molecular formula is C18H39O3PS2. The minimum atomic E-state index is -3.23. The lowest BCUT2D eigenvalue weighted by Gasteiger charge is -2.06. The van der Waals surface area contributed by atoms with Gasteiger partial charge in [-0.15, -0.1) is 0 Å². The van der Waals surface area contributed by atoms with Crippen LogP contribution in [-0.4, -0.2) is 16.4 Å². The molecule has 0 fully saturated rings. The zero-order chi connectivity index (χ0) is 17.9. The van der Waals surface area contributed by atoms with Crippen LogP contribution in [0, 0.1) is 0 Å². The lowest BCUT2D eigenvalue weighted by atomic mass is 10.0. The first kappa shape index (κ1) is 24.9. The first-order valence-electron chi connectivity index (χ1n) is 9.93. The first-order valence-corrected chi connectivity index (χ1v) is 14.0. The molecule has 24 heavy (non-hydrogen) atoms. The van der Waals surface area contributed by atoms with Crippen LogP contribution in [0.1, 0.15) is 110 Å². The Bertz CT molecular complexity index is 298. The van der Waals surface area contributed by atoms with Crippen molar-refractivity contribution >= 4 is 29.2 Å². The lowest BCUT2D eigenvalue weighted by molar-refractivity contribution is 0.355. The Morgan fingerprint density at radius 2 is 1.00 bits per heavy atom. The van der Waals surface area contributed by atoms with Gasteiger partial charge in [0.25, 0.3) is 5.69 Å². The third-order valence-corrected chi connectivity index (χ3v) is 6.14. The average Bonchev–Trinajstić information content (AvgIpc) is 2.52. The van der Waals surface area contributed by atoms with Crippen LogP contribution >= 0.6 is 17.4 Å². The van der Waals surface area contributed by atoms with Gasteiger partial charge in [0.05, 0.1) is 18.3 Å². The Kier molecular flexibility index (Phi) is 19.3. The summed E-state index contributed by atoms with van der Waals surface area (Å²) in [6.45, 7) is 2.83. The molecule has 0 aromatic rings. The summed E-state index contributed by atoms with van der Waals surface area (Å²) >= 11 is 5.12. The van der Waals surface area contributed by atoms with Gasteiger partial charge in [-0.05, 0) is 18.2 Å². The van der Waals surface area contributed by atoms with Crippen LogP contribution in [-0.2, 0) is 16.0 Å². The Hall–Kier alpha value is 0.880. The van der Waals surface area contributed by atoms with Crippen LogP contribution < -0.4 is 0 Å². The summed E-state index contributed by atoms with van der Waals surface area (Å²) in [4.78, 5) is 17.9. The minimum absolute atomic E-state index is 0.558. The standard InChI is InChI=1S/C18H39O3PS2/c1-2-3-4-5-6-7-8-9-10-11-12-13-14-15-16-17-18-21-24-22(19,20)23/h2-18H2,1H3,(H2,19,20,23). The van der Waals surface area contributed by atoms with Gasteiger partial charge in [0.1, 0.15) is 0 Å². The van der Waals surface area contributed by atoms with Gasteiger partial charge in [-0.1, -0.05) is 103 Å². The van der Waals surface area contributed by atoms with Gasteiger partial charge < -0.3 is 14.0 Å². The summed E-state index contributed by atoms with van der Waals surface area (Å²) in [5, 5.41) is 0. The monoisotopic (exact) mass is 398 g/mol. The highest BCUT2D eigenvalue weighted by Crippen LogP contribution is 2.51. The van der Waals surface area contributed by atoms with E-state index in [9.17, 15) is 0 Å². The maximum absolute atomic E-state index is 8.97. The predicted molar refractivity (Wildman–Crippen MR) is 112 cm³/mol. The Morgan fingerprint density at radius 3 is 1.33 bits per heavy atom. The fraction of sp³-hybridized carbons (Fsp3) is 1.00. The van der Waals surface area contributed by atoms with Gasteiger partial charge in [0.15, 0.2) is 0 Å². The van der Waals surface area contributed by atoms with E-state index in [2.05, 4.69) is 18.7 Å². The maximum Gasteiger partial charge on any atom is 0.269 e. The lowest BCUT2D eigenvalue weighted by Crippen LogP contribution is -1.88. The van der Waals surface area contributed by atoms with E-state index in [1.807, 2.05) is 0 Å². The second-order valence-electron chi connectivity index (χ2n) is 6.69. The molecule has 0 radical (unpaired) electrons. The number of unbranched alkanes of at least 4 members (excludes halogenated alkanes) is 15. The van der Waals surface area contributed by atoms with Crippen molar-refractivity contribution in [2.24, 2.45) is 0 Å². The molecule has 0 atom stereocenters. The molecular weight excluding hydrogens is 359 g/mol. The predicted octanol–water partition coefficient (Wildman–Crippen LogP) is 7.12. The second kappa shape index (κ2) is 18.7. The van der Waals surface area contributed by atoms with Crippen LogP contribution in [0.2, 0.25) is 0 Å². The van der Waals surface area contributed by atoms with Crippen molar-refractivity contribution < 1.29 is 14.0 Å². The molecule has 0 bridgehead atoms. The largest absolute Gasteiger partial charge is 0.336 e. The third-order valence-electron chi connectivity index (χ3n) is 4.23. The molecule has 0 aliphatic carbocycles. The van der Waals surface area contributed by atoms with E-state index in [-0.39, 0.29) is 0 Å². The van der Waals surface area contributed by atoms with Crippen molar-refractivity contribution in [3.8, 4) is 0 Å². The molecule has 0 aliphatic rings. The third kappa shape index (κ3) is 22.9. The fourth-order valence-electron chi connectivity index (χ4n) is 2.82. The van der Waals surface area contributed by atoms with Gasteiger partial charge in [-0.3, -0.25) is 0 Å². The molecule has 0 rings (SSSR count). The minimum Gasteiger partial charge on any atom is -0.336 e. The van der Waals surface area contributed by atoms with Crippen LogP contribution in [0.25, 0.3) is 0 Å². The summed E-state index contributed by atoms with van der Waals surface area (Å²) in [6.07, 6.45) is 21.6. The summed E-state index contributed by atoms with van der Waals surface area (Å²) in [6, 6.07) is 0. The molecule has 146 valence electrons. The molecule has 0 spiro atoms. The van der Waals surface area contributed by atoms with Gasteiger partial charge in [-0.25, -0.2) is 0 Å². The molecule has 2 N–H and O–H groups in total. The molecule has 0 aliphatic heterocycles. The molecule has 0 aromatic heterocycles. The van der Waals surface area contributed by atoms with Gasteiger partial charge in [0.2, 0.25) is 0 Å². The van der Waals surface area contributed by atoms with Gasteiger partial charge in [-0.2, -0.15) is 0 Å². The quantitative estimate of drug-likeness (QED) is 0.138. The Labute approximate surface area is 159 Å².